The molecular formula is C19H21N3OS. The number of ether oxygens (including phenoxy) is 1. The molecular weight excluding hydrogens is 318 g/mol. The molecule has 0 fully saturated rings. The fraction of sp³-hybridized carbons (Fsp3) is 0.263. The highest BCUT2D eigenvalue weighted by molar-refractivity contribution is 7.71. The zero-order valence-corrected chi connectivity index (χ0v) is 14.7. The van der Waals surface area contributed by atoms with Crippen LogP contribution in [-0.2, 0) is 13.0 Å². The molecule has 1 heterocycles. The number of nitrogens with zero attached hydrogens (tertiary/aromatic N) is 2. The Morgan fingerprint density at radius 1 is 1.12 bits per heavy atom. The zero-order chi connectivity index (χ0) is 16.9. The molecule has 1 aromatic heterocycles. The van der Waals surface area contributed by atoms with Gasteiger partial charge in [-0.05, 0) is 48.8 Å². The van der Waals surface area contributed by atoms with Crippen molar-refractivity contribution < 1.29 is 4.74 Å². The van der Waals surface area contributed by atoms with Gasteiger partial charge in [0.2, 0.25) is 0 Å². The first-order valence-corrected chi connectivity index (χ1v) is 8.52. The van der Waals surface area contributed by atoms with Crippen LogP contribution < -0.4 is 4.74 Å². The van der Waals surface area contributed by atoms with Gasteiger partial charge in [0.1, 0.15) is 12.4 Å². The highest BCUT2D eigenvalue weighted by Crippen LogP contribution is 2.20. The smallest absolute Gasteiger partial charge is 0.195 e. The molecule has 1 atom stereocenters. The predicted molar refractivity (Wildman–Crippen MR) is 97.8 cm³/mol. The molecule has 0 aliphatic rings. The lowest BCUT2D eigenvalue weighted by Crippen LogP contribution is -2.13. The lowest BCUT2D eigenvalue weighted by atomic mass is 10.1. The van der Waals surface area contributed by atoms with Gasteiger partial charge in [-0.1, -0.05) is 49.4 Å². The summed E-state index contributed by atoms with van der Waals surface area (Å²) in [7, 11) is 0. The molecule has 124 valence electrons. The van der Waals surface area contributed by atoms with E-state index in [1.807, 2.05) is 34.9 Å². The highest BCUT2D eigenvalue weighted by Gasteiger charge is 2.15. The summed E-state index contributed by atoms with van der Waals surface area (Å²) in [5.41, 5.74) is 2.48. The third-order valence-electron chi connectivity index (χ3n) is 4.15. The summed E-state index contributed by atoms with van der Waals surface area (Å²) in [4.78, 5) is 0. The van der Waals surface area contributed by atoms with E-state index in [0.717, 1.165) is 18.0 Å². The van der Waals surface area contributed by atoms with Gasteiger partial charge >= 0.3 is 0 Å². The van der Waals surface area contributed by atoms with Gasteiger partial charge in [0, 0.05) is 0 Å². The summed E-state index contributed by atoms with van der Waals surface area (Å²) >= 11 is 5.40. The molecule has 5 heteroatoms. The molecule has 0 radical (unpaired) electrons. The molecule has 0 aliphatic heterocycles. The first-order valence-electron chi connectivity index (χ1n) is 8.11. The molecule has 0 saturated heterocycles. The van der Waals surface area contributed by atoms with E-state index >= 15 is 0 Å². The Hall–Kier alpha value is -2.40. The third kappa shape index (κ3) is 3.57. The second-order valence-corrected chi connectivity index (χ2v) is 6.07. The molecule has 0 bridgehead atoms. The van der Waals surface area contributed by atoms with Crippen LogP contribution in [0.1, 0.15) is 36.8 Å². The fourth-order valence-electron chi connectivity index (χ4n) is 2.69. The molecule has 0 spiro atoms. The van der Waals surface area contributed by atoms with Gasteiger partial charge in [0.05, 0.1) is 6.04 Å². The standard InChI is InChI=1S/C19H21N3OS/c1-3-15-9-11-17(12-10-15)23-13-18-20-21-19(24)22(18)14(2)16-7-5-4-6-8-16/h4-12,14H,3,13H2,1-2H3,(H,21,24)/t14-/m0/s1. The third-order valence-corrected chi connectivity index (χ3v) is 4.43. The fourth-order valence-corrected chi connectivity index (χ4v) is 3.00. The van der Waals surface area contributed by atoms with Crippen LogP contribution in [0.3, 0.4) is 0 Å². The Balaban J connectivity index is 1.78. The van der Waals surface area contributed by atoms with Gasteiger partial charge in [-0.25, -0.2) is 0 Å². The predicted octanol–water partition coefficient (Wildman–Crippen LogP) is 4.69. The van der Waals surface area contributed by atoms with E-state index in [9.17, 15) is 0 Å². The second kappa shape index (κ2) is 7.45. The summed E-state index contributed by atoms with van der Waals surface area (Å²) in [6.07, 6.45) is 1.02. The Morgan fingerprint density at radius 3 is 2.50 bits per heavy atom. The van der Waals surface area contributed by atoms with E-state index in [-0.39, 0.29) is 6.04 Å². The van der Waals surface area contributed by atoms with Crippen molar-refractivity contribution in [2.75, 3.05) is 0 Å². The second-order valence-electron chi connectivity index (χ2n) is 5.69. The summed E-state index contributed by atoms with van der Waals surface area (Å²) in [5, 5.41) is 7.21. The normalized spacial score (nSPS) is 12.1. The maximum atomic E-state index is 5.88. The average molecular weight is 339 g/mol. The van der Waals surface area contributed by atoms with Crippen LogP contribution >= 0.6 is 12.2 Å². The van der Waals surface area contributed by atoms with Crippen LogP contribution in [0.15, 0.2) is 54.6 Å². The monoisotopic (exact) mass is 339 g/mol. The maximum absolute atomic E-state index is 5.88. The number of aromatic amines is 1. The summed E-state index contributed by atoms with van der Waals surface area (Å²) < 4.78 is 8.49. The Morgan fingerprint density at radius 2 is 1.83 bits per heavy atom. The number of benzene rings is 2. The van der Waals surface area contributed by atoms with Gasteiger partial charge < -0.3 is 4.74 Å². The van der Waals surface area contributed by atoms with Crippen LogP contribution in [0.5, 0.6) is 5.75 Å². The van der Waals surface area contributed by atoms with Crippen molar-refractivity contribution in [1.29, 1.82) is 0 Å². The van der Waals surface area contributed by atoms with Gasteiger partial charge in [0.15, 0.2) is 10.6 Å². The lowest BCUT2D eigenvalue weighted by molar-refractivity contribution is 0.287. The van der Waals surface area contributed by atoms with E-state index in [2.05, 4.69) is 48.3 Å². The number of aryl methyl sites for hydroxylation is 1. The van der Waals surface area contributed by atoms with Crippen LogP contribution in [0.4, 0.5) is 0 Å². The van der Waals surface area contributed by atoms with E-state index in [1.165, 1.54) is 11.1 Å². The minimum Gasteiger partial charge on any atom is -0.486 e. The van der Waals surface area contributed by atoms with Gasteiger partial charge in [-0.15, -0.1) is 0 Å². The molecule has 0 aliphatic carbocycles. The lowest BCUT2D eigenvalue weighted by Gasteiger charge is -2.16. The summed E-state index contributed by atoms with van der Waals surface area (Å²) in [5.74, 6) is 1.62. The number of hydrogen-bond acceptors (Lipinski definition) is 3. The first-order chi connectivity index (χ1) is 11.7. The van der Waals surface area contributed by atoms with Gasteiger partial charge in [-0.3, -0.25) is 9.67 Å². The topological polar surface area (TPSA) is 42.8 Å². The quantitative estimate of drug-likeness (QED) is 0.662. The molecule has 24 heavy (non-hydrogen) atoms. The maximum Gasteiger partial charge on any atom is 0.195 e. The van der Waals surface area contributed by atoms with Crippen molar-refractivity contribution in [2.45, 2.75) is 32.9 Å². The van der Waals surface area contributed by atoms with Crippen molar-refractivity contribution in [3.63, 3.8) is 0 Å². The van der Waals surface area contributed by atoms with Crippen LogP contribution in [-0.4, -0.2) is 14.8 Å². The Kier molecular flexibility index (Phi) is 5.11. The van der Waals surface area contributed by atoms with Crippen molar-refractivity contribution in [2.24, 2.45) is 0 Å². The Bertz CT molecular complexity index is 837. The number of hydrogen-bond donors (Lipinski definition) is 1. The molecule has 4 nitrogen and oxygen atoms in total. The zero-order valence-electron chi connectivity index (χ0n) is 13.9. The molecule has 1 N–H and O–H groups in total. The van der Waals surface area contributed by atoms with E-state index in [0.29, 0.717) is 11.4 Å². The number of H-pyrrole nitrogens is 1. The van der Waals surface area contributed by atoms with E-state index in [4.69, 9.17) is 17.0 Å². The van der Waals surface area contributed by atoms with Gasteiger partial charge in [-0.2, -0.15) is 5.10 Å². The molecule has 0 unspecified atom stereocenters. The van der Waals surface area contributed by atoms with Crippen LogP contribution in [0, 0.1) is 4.77 Å². The van der Waals surface area contributed by atoms with Crippen molar-refractivity contribution in [3.8, 4) is 5.75 Å². The molecule has 3 rings (SSSR count). The summed E-state index contributed by atoms with van der Waals surface area (Å²) in [6, 6.07) is 18.5. The largest absolute Gasteiger partial charge is 0.486 e. The average Bonchev–Trinajstić information content (AvgIpc) is 3.01. The highest BCUT2D eigenvalue weighted by atomic mass is 32.1. The minimum atomic E-state index is 0.0958. The molecule has 0 amide bonds. The van der Waals surface area contributed by atoms with Crippen molar-refractivity contribution >= 4 is 12.2 Å². The van der Waals surface area contributed by atoms with Crippen LogP contribution in [0.25, 0.3) is 0 Å². The minimum absolute atomic E-state index is 0.0958. The Labute approximate surface area is 147 Å². The first kappa shape index (κ1) is 16.5. The SMILES string of the molecule is CCc1ccc(OCc2n[nH]c(=S)n2[C@@H](C)c2ccccc2)cc1. The summed E-state index contributed by atoms with van der Waals surface area (Å²) in [6.45, 7) is 4.62. The number of rotatable bonds is 6. The molecule has 3 aromatic rings. The van der Waals surface area contributed by atoms with Gasteiger partial charge in [0.25, 0.3) is 0 Å². The van der Waals surface area contributed by atoms with Crippen molar-refractivity contribution in [3.05, 3.63) is 76.3 Å². The number of aromatic nitrogens is 3. The van der Waals surface area contributed by atoms with E-state index in [1.54, 1.807) is 0 Å². The van der Waals surface area contributed by atoms with E-state index < -0.39 is 0 Å². The molecule has 0 saturated carbocycles. The number of nitrogens with one attached hydrogen (secondary N) is 1. The van der Waals surface area contributed by atoms with Crippen LogP contribution in [0.2, 0.25) is 0 Å². The molecule has 2 aromatic carbocycles. The van der Waals surface area contributed by atoms with Crippen molar-refractivity contribution in [1.82, 2.24) is 14.8 Å².